The van der Waals surface area contributed by atoms with E-state index in [0.29, 0.717) is 28.6 Å². The molecule has 0 unspecified atom stereocenters. The number of fused-ring (bicyclic) bond motifs is 2. The van der Waals surface area contributed by atoms with Crippen LogP contribution in [0.2, 0.25) is 5.02 Å². The van der Waals surface area contributed by atoms with E-state index in [0.717, 1.165) is 37.9 Å². The highest BCUT2D eigenvalue weighted by Gasteiger charge is 2.40. The minimum atomic E-state index is -0.708. The van der Waals surface area contributed by atoms with Crippen LogP contribution in [0.3, 0.4) is 0 Å². The van der Waals surface area contributed by atoms with Crippen molar-refractivity contribution in [3.05, 3.63) is 53.1 Å². The number of carbonyl (C=O) groups excluding carboxylic acids is 2. The predicted octanol–water partition coefficient (Wildman–Crippen LogP) is 3.45. The Balaban J connectivity index is 1.39. The lowest BCUT2D eigenvalue weighted by Gasteiger charge is -2.38. The fourth-order valence-corrected chi connectivity index (χ4v) is 4.61. The first-order chi connectivity index (χ1) is 14.6. The molecule has 2 aromatic carbocycles. The zero-order chi connectivity index (χ0) is 20.7. The van der Waals surface area contributed by atoms with Crippen LogP contribution in [0.15, 0.2) is 42.5 Å². The molecule has 3 aliphatic heterocycles. The van der Waals surface area contributed by atoms with Gasteiger partial charge in [0.15, 0.2) is 12.2 Å². The van der Waals surface area contributed by atoms with E-state index in [9.17, 15) is 9.59 Å². The highest BCUT2D eigenvalue weighted by molar-refractivity contribution is 6.30. The second-order valence-electron chi connectivity index (χ2n) is 7.97. The number of ether oxygens (including phenoxy) is 2. The third kappa shape index (κ3) is 3.49. The summed E-state index contributed by atoms with van der Waals surface area (Å²) in [6.45, 7) is 1.67. The molecule has 30 heavy (non-hydrogen) atoms. The number of benzene rings is 2. The van der Waals surface area contributed by atoms with E-state index in [1.807, 2.05) is 29.2 Å². The normalized spacial score (nSPS) is 22.6. The number of amides is 2. The van der Waals surface area contributed by atoms with Gasteiger partial charge in [0.1, 0.15) is 11.5 Å². The summed E-state index contributed by atoms with van der Waals surface area (Å²) in [5.41, 5.74) is 1.59. The number of para-hydroxylation sites is 2. The number of carbonyl (C=O) groups is 2. The van der Waals surface area contributed by atoms with Crippen LogP contribution in [0, 0.1) is 0 Å². The number of halogens is 1. The molecule has 2 atom stereocenters. The zero-order valence-corrected chi connectivity index (χ0v) is 17.3. The van der Waals surface area contributed by atoms with Crippen molar-refractivity contribution in [3.63, 3.8) is 0 Å². The number of anilines is 1. The largest absolute Gasteiger partial charge is 0.480 e. The van der Waals surface area contributed by atoms with Gasteiger partial charge in [-0.25, -0.2) is 0 Å². The molecule has 6 nitrogen and oxygen atoms in total. The minimum absolute atomic E-state index is 0.0515. The molecular formula is C23H23ClN2O4. The molecule has 1 saturated heterocycles. The van der Waals surface area contributed by atoms with E-state index >= 15 is 0 Å². The van der Waals surface area contributed by atoms with Crippen molar-refractivity contribution in [3.8, 4) is 11.5 Å². The quantitative estimate of drug-likeness (QED) is 0.738. The van der Waals surface area contributed by atoms with Gasteiger partial charge in [0.25, 0.3) is 11.8 Å². The highest BCUT2D eigenvalue weighted by Crippen LogP contribution is 2.37. The lowest BCUT2D eigenvalue weighted by molar-refractivity contribution is -0.140. The van der Waals surface area contributed by atoms with Crippen LogP contribution in [-0.2, 0) is 16.0 Å². The molecule has 0 spiro atoms. The summed E-state index contributed by atoms with van der Waals surface area (Å²) in [5.74, 6) is 1.00. The van der Waals surface area contributed by atoms with E-state index in [2.05, 4.69) is 0 Å². The summed E-state index contributed by atoms with van der Waals surface area (Å²) in [6, 6.07) is 12.7. The average Bonchev–Trinajstić information content (AvgIpc) is 3.21. The second-order valence-corrected chi connectivity index (χ2v) is 8.41. The topological polar surface area (TPSA) is 59.1 Å². The van der Waals surface area contributed by atoms with Crippen molar-refractivity contribution in [2.24, 2.45) is 0 Å². The van der Waals surface area contributed by atoms with Gasteiger partial charge in [0, 0.05) is 24.5 Å². The second kappa shape index (κ2) is 7.84. The van der Waals surface area contributed by atoms with Crippen LogP contribution >= 0.6 is 11.6 Å². The van der Waals surface area contributed by atoms with Gasteiger partial charge in [-0.3, -0.25) is 9.59 Å². The van der Waals surface area contributed by atoms with Crippen LogP contribution in [0.5, 0.6) is 11.5 Å². The van der Waals surface area contributed by atoms with Crippen molar-refractivity contribution in [2.45, 2.75) is 37.9 Å². The van der Waals surface area contributed by atoms with Crippen LogP contribution < -0.4 is 14.4 Å². The van der Waals surface area contributed by atoms with Gasteiger partial charge in [0.2, 0.25) is 0 Å². The van der Waals surface area contributed by atoms with Crippen LogP contribution in [0.4, 0.5) is 5.69 Å². The molecule has 7 heteroatoms. The number of rotatable bonds is 2. The molecule has 2 amide bonds. The smallest absolute Gasteiger partial charge is 0.268 e. The maximum atomic E-state index is 13.4. The van der Waals surface area contributed by atoms with E-state index in [4.69, 9.17) is 21.1 Å². The minimum Gasteiger partial charge on any atom is -0.480 e. The molecule has 1 fully saturated rings. The Kier molecular flexibility index (Phi) is 5.03. The Morgan fingerprint density at radius 1 is 0.900 bits per heavy atom. The fourth-order valence-electron chi connectivity index (χ4n) is 4.42. The molecule has 5 rings (SSSR count). The molecule has 0 saturated carbocycles. The first kappa shape index (κ1) is 19.2. The number of nitrogens with zero attached hydrogens (tertiary/aromatic N) is 2. The molecule has 2 aromatic rings. The Bertz CT molecular complexity index is 989. The van der Waals surface area contributed by atoms with Gasteiger partial charge in [-0.15, -0.1) is 0 Å². The average molecular weight is 427 g/mol. The number of hydrogen-bond donors (Lipinski definition) is 0. The molecule has 0 bridgehead atoms. The lowest BCUT2D eigenvalue weighted by Crippen LogP contribution is -2.54. The molecule has 156 valence electrons. The lowest BCUT2D eigenvalue weighted by atomic mass is 10.1. The Labute approximate surface area is 180 Å². The fraction of sp³-hybridized carbons (Fsp3) is 0.391. The van der Waals surface area contributed by atoms with Gasteiger partial charge >= 0.3 is 0 Å². The van der Waals surface area contributed by atoms with Crippen LogP contribution in [0.25, 0.3) is 0 Å². The summed E-state index contributed by atoms with van der Waals surface area (Å²) in [7, 11) is 0. The molecule has 0 aliphatic carbocycles. The van der Waals surface area contributed by atoms with Gasteiger partial charge in [-0.1, -0.05) is 23.7 Å². The number of piperidine rings is 1. The summed E-state index contributed by atoms with van der Waals surface area (Å²) < 4.78 is 11.9. The van der Waals surface area contributed by atoms with Crippen LogP contribution in [0.1, 0.15) is 24.8 Å². The van der Waals surface area contributed by atoms with Crippen molar-refractivity contribution < 1.29 is 19.1 Å². The van der Waals surface area contributed by atoms with E-state index in [1.54, 1.807) is 23.1 Å². The molecule has 0 aromatic heterocycles. The van der Waals surface area contributed by atoms with Crippen molar-refractivity contribution in [1.29, 1.82) is 0 Å². The number of hydrogen-bond acceptors (Lipinski definition) is 4. The summed E-state index contributed by atoms with van der Waals surface area (Å²) in [4.78, 5) is 30.0. The Morgan fingerprint density at radius 3 is 2.50 bits per heavy atom. The van der Waals surface area contributed by atoms with Gasteiger partial charge in [-0.2, -0.15) is 0 Å². The summed E-state index contributed by atoms with van der Waals surface area (Å²) in [5, 5.41) is 0.620. The van der Waals surface area contributed by atoms with Crippen molar-refractivity contribution >= 4 is 29.1 Å². The molecule has 0 radical (unpaired) electrons. The zero-order valence-electron chi connectivity index (χ0n) is 16.6. The van der Waals surface area contributed by atoms with Crippen LogP contribution in [-0.4, -0.2) is 48.6 Å². The monoisotopic (exact) mass is 426 g/mol. The predicted molar refractivity (Wildman–Crippen MR) is 113 cm³/mol. The third-order valence-corrected chi connectivity index (χ3v) is 6.19. The molecular weight excluding hydrogens is 404 g/mol. The standard InChI is InChI=1S/C23H23ClN2O4/c24-16-8-9-18-15(12-16)13-20(29-18)23(28)26-14-21(22(27)25-10-4-1-5-11-25)30-19-7-3-2-6-17(19)26/h2-3,6-9,12,20-21H,1,4-5,10-11,13-14H2/t20-,21-/m1/s1. The van der Waals surface area contributed by atoms with E-state index in [-0.39, 0.29) is 18.4 Å². The van der Waals surface area contributed by atoms with Gasteiger partial charge in [-0.05, 0) is 55.2 Å². The van der Waals surface area contributed by atoms with Crippen molar-refractivity contribution in [2.75, 3.05) is 24.5 Å². The maximum absolute atomic E-state index is 13.4. The molecule has 3 aliphatic rings. The van der Waals surface area contributed by atoms with Crippen molar-refractivity contribution in [1.82, 2.24) is 4.90 Å². The maximum Gasteiger partial charge on any atom is 0.268 e. The summed E-state index contributed by atoms with van der Waals surface area (Å²) >= 11 is 6.08. The Hall–Kier alpha value is -2.73. The van der Waals surface area contributed by atoms with Gasteiger partial charge in [0.05, 0.1) is 12.2 Å². The first-order valence-electron chi connectivity index (χ1n) is 10.4. The Morgan fingerprint density at radius 2 is 1.67 bits per heavy atom. The highest BCUT2D eigenvalue weighted by atomic mass is 35.5. The summed E-state index contributed by atoms with van der Waals surface area (Å²) in [6.07, 6.45) is 2.27. The SMILES string of the molecule is O=C([C@H]1CN(C(=O)[C@H]2Cc3cc(Cl)ccc3O2)c2ccccc2O1)N1CCCCC1. The molecule has 3 heterocycles. The van der Waals surface area contributed by atoms with E-state index in [1.165, 1.54) is 0 Å². The first-order valence-corrected chi connectivity index (χ1v) is 10.8. The third-order valence-electron chi connectivity index (χ3n) is 5.96. The van der Waals surface area contributed by atoms with E-state index < -0.39 is 12.2 Å². The number of likely N-dealkylation sites (tertiary alicyclic amines) is 1. The van der Waals surface area contributed by atoms with Gasteiger partial charge < -0.3 is 19.3 Å². The molecule has 0 N–H and O–H groups in total.